The molecule has 114 valence electrons. The van der Waals surface area contributed by atoms with Crippen molar-refractivity contribution in [3.63, 3.8) is 0 Å². The summed E-state index contributed by atoms with van der Waals surface area (Å²) in [6.45, 7) is 2.07. The van der Waals surface area contributed by atoms with Crippen molar-refractivity contribution in [3.8, 4) is 11.5 Å². The lowest BCUT2D eigenvalue weighted by atomic mass is 10.2. The first kappa shape index (κ1) is 14.9. The third kappa shape index (κ3) is 2.46. The van der Waals surface area contributed by atoms with E-state index < -0.39 is 5.97 Å². The molecule has 0 amide bonds. The first-order valence-corrected chi connectivity index (χ1v) is 8.69. The van der Waals surface area contributed by atoms with Crippen LogP contribution in [0.4, 0.5) is 5.69 Å². The molecule has 3 rings (SSSR count). The second kappa shape index (κ2) is 6.02. The second-order valence-electron chi connectivity index (χ2n) is 4.42. The zero-order valence-corrected chi connectivity index (χ0v) is 13.7. The number of nitrogen functional groups attached to an aromatic ring is 1. The summed E-state index contributed by atoms with van der Waals surface area (Å²) in [6, 6.07) is 7.49. The van der Waals surface area contributed by atoms with Crippen LogP contribution in [0.1, 0.15) is 16.6 Å². The Kier molecular flexibility index (Phi) is 4.08. The summed E-state index contributed by atoms with van der Waals surface area (Å²) in [5, 5.41) is 0. The average Bonchev–Trinajstić information content (AvgIpc) is 3.07. The number of fused-ring (bicyclic) bond motifs is 1. The van der Waals surface area contributed by atoms with Gasteiger partial charge in [0.1, 0.15) is 10.4 Å². The molecule has 2 N–H and O–H groups in total. The van der Waals surface area contributed by atoms with Crippen LogP contribution < -0.4 is 5.73 Å². The Labute approximate surface area is 135 Å². The van der Waals surface area contributed by atoms with Crippen LogP contribution in [0.15, 0.2) is 32.9 Å². The third-order valence-electron chi connectivity index (χ3n) is 3.07. The maximum Gasteiger partial charge on any atom is 0.350 e. The molecule has 3 aromatic rings. The maximum atomic E-state index is 12.0. The number of rotatable bonds is 4. The number of oxazole rings is 1. The standard InChI is InChI=1S/C15H14N2O3S2/c1-3-19-14(18)12-11(16)10(15(21-2)22-12)13-17-8-6-4-5-7-9(8)20-13/h4-7H,3,16H2,1-2H3. The molecule has 0 unspecified atom stereocenters. The normalized spacial score (nSPS) is 11.0. The van der Waals surface area contributed by atoms with E-state index in [-0.39, 0.29) is 0 Å². The van der Waals surface area contributed by atoms with Gasteiger partial charge in [-0.05, 0) is 25.3 Å². The van der Waals surface area contributed by atoms with Gasteiger partial charge in [-0.3, -0.25) is 0 Å². The number of ether oxygens (including phenoxy) is 1. The van der Waals surface area contributed by atoms with Gasteiger partial charge in [0.25, 0.3) is 0 Å². The number of thiophene rings is 1. The van der Waals surface area contributed by atoms with E-state index in [0.29, 0.717) is 34.2 Å². The number of benzene rings is 1. The molecule has 0 radical (unpaired) electrons. The molecule has 0 saturated carbocycles. The Morgan fingerprint density at radius 1 is 1.45 bits per heavy atom. The smallest absolute Gasteiger partial charge is 0.350 e. The van der Waals surface area contributed by atoms with Crippen molar-refractivity contribution in [1.82, 2.24) is 4.98 Å². The number of para-hydroxylation sites is 2. The van der Waals surface area contributed by atoms with Gasteiger partial charge in [-0.2, -0.15) is 0 Å². The van der Waals surface area contributed by atoms with Crippen LogP contribution in [0, 0.1) is 0 Å². The van der Waals surface area contributed by atoms with E-state index in [1.165, 1.54) is 23.1 Å². The van der Waals surface area contributed by atoms with Crippen molar-refractivity contribution < 1.29 is 13.9 Å². The van der Waals surface area contributed by atoms with Crippen LogP contribution in [0.25, 0.3) is 22.6 Å². The van der Waals surface area contributed by atoms with Gasteiger partial charge in [0.15, 0.2) is 5.58 Å². The molecule has 0 saturated heterocycles. The molecule has 2 aromatic heterocycles. The Morgan fingerprint density at radius 2 is 2.23 bits per heavy atom. The molecule has 0 aliphatic carbocycles. The molecule has 0 aliphatic rings. The number of nitrogens with two attached hydrogens (primary N) is 1. The minimum atomic E-state index is -0.414. The number of nitrogens with zero attached hydrogens (tertiary/aromatic N) is 1. The molecule has 0 atom stereocenters. The van der Waals surface area contributed by atoms with E-state index in [1.807, 2.05) is 30.5 Å². The Hall–Kier alpha value is -1.99. The highest BCUT2D eigenvalue weighted by molar-refractivity contribution is 8.00. The van der Waals surface area contributed by atoms with E-state index in [4.69, 9.17) is 14.9 Å². The number of carbonyl (C=O) groups excluding carboxylic acids is 1. The van der Waals surface area contributed by atoms with E-state index in [0.717, 1.165) is 9.73 Å². The minimum absolute atomic E-state index is 0.309. The van der Waals surface area contributed by atoms with E-state index in [9.17, 15) is 4.79 Å². The van der Waals surface area contributed by atoms with Crippen LogP contribution in [-0.2, 0) is 4.74 Å². The summed E-state index contributed by atoms with van der Waals surface area (Å²) < 4.78 is 11.7. The Bertz CT molecular complexity index is 806. The van der Waals surface area contributed by atoms with Gasteiger partial charge in [-0.15, -0.1) is 23.1 Å². The fourth-order valence-electron chi connectivity index (χ4n) is 2.10. The highest BCUT2D eigenvalue weighted by atomic mass is 32.2. The van der Waals surface area contributed by atoms with Crippen molar-refractivity contribution in [1.29, 1.82) is 0 Å². The molecule has 1 aromatic carbocycles. The van der Waals surface area contributed by atoms with E-state index in [2.05, 4.69) is 4.98 Å². The monoisotopic (exact) mass is 334 g/mol. The van der Waals surface area contributed by atoms with Crippen LogP contribution >= 0.6 is 23.1 Å². The molecule has 22 heavy (non-hydrogen) atoms. The summed E-state index contributed by atoms with van der Waals surface area (Å²) in [4.78, 5) is 16.9. The Morgan fingerprint density at radius 3 is 2.91 bits per heavy atom. The highest BCUT2D eigenvalue weighted by Gasteiger charge is 2.25. The van der Waals surface area contributed by atoms with Crippen molar-refractivity contribution in [2.45, 2.75) is 11.1 Å². The third-order valence-corrected chi connectivity index (χ3v) is 5.37. The summed E-state index contributed by atoms with van der Waals surface area (Å²) in [5.74, 6) is 0.0116. The van der Waals surface area contributed by atoms with Gasteiger partial charge in [-0.1, -0.05) is 12.1 Å². The van der Waals surface area contributed by atoms with Gasteiger partial charge in [0, 0.05) is 0 Å². The van der Waals surface area contributed by atoms with E-state index >= 15 is 0 Å². The predicted molar refractivity (Wildman–Crippen MR) is 89.5 cm³/mol. The fourth-order valence-corrected chi connectivity index (χ4v) is 3.92. The topological polar surface area (TPSA) is 78.3 Å². The minimum Gasteiger partial charge on any atom is -0.462 e. The number of hydrogen-bond acceptors (Lipinski definition) is 7. The lowest BCUT2D eigenvalue weighted by Crippen LogP contribution is -2.05. The largest absolute Gasteiger partial charge is 0.462 e. The molecule has 0 spiro atoms. The van der Waals surface area contributed by atoms with Crippen LogP contribution in [-0.4, -0.2) is 23.8 Å². The number of anilines is 1. The van der Waals surface area contributed by atoms with Gasteiger partial charge < -0.3 is 14.9 Å². The molecule has 0 fully saturated rings. The fraction of sp³-hybridized carbons (Fsp3) is 0.200. The summed E-state index contributed by atoms with van der Waals surface area (Å²) >= 11 is 2.80. The first-order chi connectivity index (χ1) is 10.7. The van der Waals surface area contributed by atoms with Crippen molar-refractivity contribution in [2.24, 2.45) is 0 Å². The first-order valence-electron chi connectivity index (χ1n) is 6.65. The van der Waals surface area contributed by atoms with Gasteiger partial charge >= 0.3 is 5.97 Å². The molecule has 0 bridgehead atoms. The molecular weight excluding hydrogens is 320 g/mol. The maximum absolute atomic E-state index is 12.0. The molecule has 2 heterocycles. The zero-order chi connectivity index (χ0) is 15.7. The molecular formula is C15H14N2O3S2. The predicted octanol–water partition coefficient (Wildman–Crippen LogP) is 4.04. The molecule has 7 heteroatoms. The SMILES string of the molecule is CCOC(=O)c1sc(SC)c(-c2nc3ccccc3o2)c1N. The zero-order valence-electron chi connectivity index (χ0n) is 12.1. The molecule has 5 nitrogen and oxygen atoms in total. The quantitative estimate of drug-likeness (QED) is 0.573. The average molecular weight is 334 g/mol. The number of carbonyl (C=O) groups is 1. The molecule has 0 aliphatic heterocycles. The summed E-state index contributed by atoms with van der Waals surface area (Å²) in [5.41, 5.74) is 8.63. The van der Waals surface area contributed by atoms with Crippen molar-refractivity contribution in [2.75, 3.05) is 18.6 Å². The number of esters is 1. The van der Waals surface area contributed by atoms with E-state index in [1.54, 1.807) is 6.92 Å². The number of aromatic nitrogens is 1. The van der Waals surface area contributed by atoms with Crippen LogP contribution in [0.5, 0.6) is 0 Å². The lowest BCUT2D eigenvalue weighted by Gasteiger charge is -2.00. The van der Waals surface area contributed by atoms with Crippen LogP contribution in [0.2, 0.25) is 0 Å². The van der Waals surface area contributed by atoms with Crippen LogP contribution in [0.3, 0.4) is 0 Å². The van der Waals surface area contributed by atoms with Gasteiger partial charge in [0.05, 0.1) is 22.1 Å². The van der Waals surface area contributed by atoms with Gasteiger partial charge in [-0.25, -0.2) is 9.78 Å². The van der Waals surface area contributed by atoms with Crippen molar-refractivity contribution >= 4 is 45.9 Å². The lowest BCUT2D eigenvalue weighted by molar-refractivity contribution is 0.0533. The summed E-state index contributed by atoms with van der Waals surface area (Å²) in [6.07, 6.45) is 1.92. The summed E-state index contributed by atoms with van der Waals surface area (Å²) in [7, 11) is 0. The Balaban J connectivity index is 2.15. The highest BCUT2D eigenvalue weighted by Crippen LogP contribution is 2.44. The van der Waals surface area contributed by atoms with Gasteiger partial charge in [0.2, 0.25) is 5.89 Å². The number of thioether (sulfide) groups is 1. The number of hydrogen-bond donors (Lipinski definition) is 1. The van der Waals surface area contributed by atoms with Crippen molar-refractivity contribution in [3.05, 3.63) is 29.1 Å². The second-order valence-corrected chi connectivity index (χ2v) is 6.51.